The van der Waals surface area contributed by atoms with E-state index in [0.29, 0.717) is 18.6 Å². The zero-order chi connectivity index (χ0) is 14.3. The molecule has 0 unspecified atom stereocenters. The number of rotatable bonds is 4. The van der Waals surface area contributed by atoms with Crippen LogP contribution in [0.4, 0.5) is 0 Å². The van der Waals surface area contributed by atoms with Crippen molar-refractivity contribution in [1.82, 2.24) is 5.32 Å². The number of furan rings is 1. The number of hydrogen-bond acceptors (Lipinski definition) is 3. The standard InChI is InChI=1S/C15H15NO4/c1-9(16-13(17)15(6-7-15)14(18)19)12-8-10-4-2-3-5-11(10)20-12/h2-5,8-9H,6-7H2,1H3,(H,16,17)(H,18,19)/t9-/m0/s1. The number of benzene rings is 1. The summed E-state index contributed by atoms with van der Waals surface area (Å²) in [6, 6.07) is 9.08. The van der Waals surface area contributed by atoms with Crippen molar-refractivity contribution in [2.75, 3.05) is 0 Å². The van der Waals surface area contributed by atoms with Crippen LogP contribution in [0.15, 0.2) is 34.7 Å². The molecule has 0 spiro atoms. The fourth-order valence-electron chi connectivity index (χ4n) is 2.28. The van der Waals surface area contributed by atoms with Crippen molar-refractivity contribution < 1.29 is 19.1 Å². The van der Waals surface area contributed by atoms with Gasteiger partial charge in [-0.2, -0.15) is 0 Å². The van der Waals surface area contributed by atoms with Crippen molar-refractivity contribution in [1.29, 1.82) is 0 Å². The van der Waals surface area contributed by atoms with Crippen molar-refractivity contribution in [2.45, 2.75) is 25.8 Å². The molecule has 1 atom stereocenters. The molecule has 20 heavy (non-hydrogen) atoms. The molecule has 1 aromatic carbocycles. The lowest BCUT2D eigenvalue weighted by Gasteiger charge is -2.15. The van der Waals surface area contributed by atoms with Crippen LogP contribution < -0.4 is 5.32 Å². The molecule has 5 heteroatoms. The number of para-hydroxylation sites is 1. The van der Waals surface area contributed by atoms with Crippen LogP contribution >= 0.6 is 0 Å². The van der Waals surface area contributed by atoms with Crippen LogP contribution in [-0.2, 0) is 9.59 Å². The molecule has 1 aliphatic rings. The van der Waals surface area contributed by atoms with Gasteiger partial charge in [-0.05, 0) is 31.9 Å². The van der Waals surface area contributed by atoms with Crippen LogP contribution in [-0.4, -0.2) is 17.0 Å². The Bertz CT molecular complexity index is 651. The van der Waals surface area contributed by atoms with E-state index in [1.807, 2.05) is 30.3 Å². The number of nitrogens with one attached hydrogen (secondary N) is 1. The Morgan fingerprint density at radius 3 is 2.65 bits per heavy atom. The first-order valence-electron chi connectivity index (χ1n) is 6.56. The predicted molar refractivity (Wildman–Crippen MR) is 72.1 cm³/mol. The van der Waals surface area contributed by atoms with E-state index in [0.717, 1.165) is 11.0 Å². The molecule has 104 valence electrons. The molecule has 1 aliphatic carbocycles. The van der Waals surface area contributed by atoms with Gasteiger partial charge >= 0.3 is 5.97 Å². The normalized spacial score (nSPS) is 17.6. The number of aliphatic carboxylic acids is 1. The van der Waals surface area contributed by atoms with E-state index in [4.69, 9.17) is 9.52 Å². The first kappa shape index (κ1) is 12.7. The molecular weight excluding hydrogens is 258 g/mol. The van der Waals surface area contributed by atoms with Gasteiger partial charge in [-0.3, -0.25) is 9.59 Å². The van der Waals surface area contributed by atoms with Gasteiger partial charge in [-0.15, -0.1) is 0 Å². The number of carboxylic acids is 1. The van der Waals surface area contributed by atoms with E-state index in [2.05, 4.69) is 5.32 Å². The number of amides is 1. The Labute approximate surface area is 115 Å². The molecule has 2 aromatic rings. The third-order valence-electron chi connectivity index (χ3n) is 3.81. The lowest BCUT2D eigenvalue weighted by atomic mass is 10.1. The molecule has 1 saturated carbocycles. The van der Waals surface area contributed by atoms with Crippen LogP contribution in [0.3, 0.4) is 0 Å². The number of carbonyl (C=O) groups excluding carboxylic acids is 1. The molecular formula is C15H15NO4. The van der Waals surface area contributed by atoms with Gasteiger partial charge < -0.3 is 14.8 Å². The maximum absolute atomic E-state index is 12.0. The van der Waals surface area contributed by atoms with Gasteiger partial charge in [0.15, 0.2) is 0 Å². The molecule has 5 nitrogen and oxygen atoms in total. The Morgan fingerprint density at radius 1 is 1.35 bits per heavy atom. The molecule has 0 aliphatic heterocycles. The SMILES string of the molecule is C[C@H](NC(=O)C1(C(=O)O)CC1)c1cc2ccccc2o1. The van der Waals surface area contributed by atoms with Gasteiger partial charge in [0.05, 0.1) is 6.04 Å². The van der Waals surface area contributed by atoms with Crippen LogP contribution in [0.2, 0.25) is 0 Å². The third-order valence-corrected chi connectivity index (χ3v) is 3.81. The maximum atomic E-state index is 12.0. The lowest BCUT2D eigenvalue weighted by Crippen LogP contribution is -2.38. The quantitative estimate of drug-likeness (QED) is 0.839. The summed E-state index contributed by atoms with van der Waals surface area (Å²) < 4.78 is 5.66. The minimum Gasteiger partial charge on any atom is -0.480 e. The number of carboxylic acid groups (broad SMARTS) is 1. The fraction of sp³-hybridized carbons (Fsp3) is 0.333. The average molecular weight is 273 g/mol. The minimum absolute atomic E-state index is 0.355. The highest BCUT2D eigenvalue weighted by molar-refractivity contribution is 6.04. The van der Waals surface area contributed by atoms with E-state index >= 15 is 0 Å². The summed E-state index contributed by atoms with van der Waals surface area (Å²) in [5.41, 5.74) is -0.469. The summed E-state index contributed by atoms with van der Waals surface area (Å²) in [6.45, 7) is 1.79. The van der Waals surface area contributed by atoms with Crippen LogP contribution in [0, 0.1) is 5.41 Å². The summed E-state index contributed by atoms with van der Waals surface area (Å²) in [5.74, 6) is -0.856. The van der Waals surface area contributed by atoms with Crippen molar-refractivity contribution >= 4 is 22.8 Å². The fourth-order valence-corrected chi connectivity index (χ4v) is 2.28. The molecule has 1 aromatic heterocycles. The second-order valence-corrected chi connectivity index (χ2v) is 5.27. The minimum atomic E-state index is -1.22. The predicted octanol–water partition coefficient (Wildman–Crippen LogP) is 2.47. The highest BCUT2D eigenvalue weighted by Crippen LogP contribution is 2.46. The van der Waals surface area contributed by atoms with Crippen molar-refractivity contribution in [2.24, 2.45) is 5.41 Å². The van der Waals surface area contributed by atoms with E-state index in [1.165, 1.54) is 0 Å². The zero-order valence-electron chi connectivity index (χ0n) is 11.1. The summed E-state index contributed by atoms with van der Waals surface area (Å²) in [5, 5.41) is 12.8. The first-order valence-corrected chi connectivity index (χ1v) is 6.56. The molecule has 1 amide bonds. The van der Waals surface area contributed by atoms with Gasteiger partial charge in [0.25, 0.3) is 0 Å². The average Bonchev–Trinajstić information content (AvgIpc) is 3.12. The van der Waals surface area contributed by atoms with Crippen LogP contribution in [0.1, 0.15) is 31.6 Å². The monoisotopic (exact) mass is 273 g/mol. The largest absolute Gasteiger partial charge is 0.480 e. The Kier molecular flexibility index (Phi) is 2.78. The highest BCUT2D eigenvalue weighted by atomic mass is 16.4. The highest BCUT2D eigenvalue weighted by Gasteiger charge is 2.57. The summed E-state index contributed by atoms with van der Waals surface area (Å²) in [6.07, 6.45) is 0.808. The molecule has 3 rings (SSSR count). The van der Waals surface area contributed by atoms with Crippen molar-refractivity contribution in [3.05, 3.63) is 36.1 Å². The smallest absolute Gasteiger partial charge is 0.319 e. The van der Waals surface area contributed by atoms with Gasteiger partial charge in [-0.1, -0.05) is 18.2 Å². The first-order chi connectivity index (χ1) is 9.53. The topological polar surface area (TPSA) is 79.5 Å². The zero-order valence-corrected chi connectivity index (χ0v) is 11.1. The van der Waals surface area contributed by atoms with E-state index in [-0.39, 0.29) is 6.04 Å². The summed E-state index contributed by atoms with van der Waals surface area (Å²) in [7, 11) is 0. The molecule has 2 N–H and O–H groups in total. The van der Waals surface area contributed by atoms with Crippen molar-refractivity contribution in [3.8, 4) is 0 Å². The number of carbonyl (C=O) groups is 2. The van der Waals surface area contributed by atoms with Crippen molar-refractivity contribution in [3.63, 3.8) is 0 Å². The molecule has 0 saturated heterocycles. The van der Waals surface area contributed by atoms with E-state index in [9.17, 15) is 9.59 Å². The summed E-state index contributed by atoms with van der Waals surface area (Å²) >= 11 is 0. The van der Waals surface area contributed by atoms with E-state index in [1.54, 1.807) is 6.92 Å². The Morgan fingerprint density at radius 2 is 2.05 bits per heavy atom. The molecule has 0 radical (unpaired) electrons. The lowest BCUT2D eigenvalue weighted by molar-refractivity contribution is -0.149. The number of hydrogen-bond donors (Lipinski definition) is 2. The number of fused-ring (bicyclic) bond motifs is 1. The molecule has 1 heterocycles. The third kappa shape index (κ3) is 1.95. The second kappa shape index (κ2) is 4.37. The van der Waals surface area contributed by atoms with Gasteiger partial charge in [0.2, 0.25) is 5.91 Å². The second-order valence-electron chi connectivity index (χ2n) is 5.27. The summed E-state index contributed by atoms with van der Waals surface area (Å²) in [4.78, 5) is 23.1. The molecule has 1 fully saturated rings. The van der Waals surface area contributed by atoms with Gasteiger partial charge in [0, 0.05) is 5.39 Å². The Hall–Kier alpha value is -2.30. The van der Waals surface area contributed by atoms with Gasteiger partial charge in [-0.25, -0.2) is 0 Å². The van der Waals surface area contributed by atoms with Crippen LogP contribution in [0.25, 0.3) is 11.0 Å². The maximum Gasteiger partial charge on any atom is 0.319 e. The Balaban J connectivity index is 1.78. The molecule has 0 bridgehead atoms. The van der Waals surface area contributed by atoms with E-state index < -0.39 is 17.3 Å². The van der Waals surface area contributed by atoms with Gasteiger partial charge in [0.1, 0.15) is 16.8 Å². The van der Waals surface area contributed by atoms with Crippen LogP contribution in [0.5, 0.6) is 0 Å².